The highest BCUT2D eigenvalue weighted by molar-refractivity contribution is 6.09. The lowest BCUT2D eigenvalue weighted by atomic mass is 9.73. The van der Waals surface area contributed by atoms with Gasteiger partial charge in [0.05, 0.1) is 16.8 Å². The van der Waals surface area contributed by atoms with Crippen molar-refractivity contribution in [3.05, 3.63) is 95.3 Å². The van der Waals surface area contributed by atoms with E-state index in [-0.39, 0.29) is 23.7 Å². The summed E-state index contributed by atoms with van der Waals surface area (Å²) in [5, 5.41) is 12.0. The van der Waals surface area contributed by atoms with Crippen molar-refractivity contribution in [1.82, 2.24) is 5.32 Å². The molecule has 0 bridgehead atoms. The van der Waals surface area contributed by atoms with Crippen LogP contribution in [0.5, 0.6) is 0 Å². The summed E-state index contributed by atoms with van der Waals surface area (Å²) in [5.74, 6) is 1.34. The van der Waals surface area contributed by atoms with Gasteiger partial charge >= 0.3 is 0 Å². The maximum atomic E-state index is 14.4. The summed E-state index contributed by atoms with van der Waals surface area (Å²) < 4.78 is 14.4. The number of unbranched alkanes of at least 4 members (excludes halogenated alkanes) is 4. The van der Waals surface area contributed by atoms with Gasteiger partial charge in [-0.05, 0) is 125 Å². The van der Waals surface area contributed by atoms with E-state index in [9.17, 15) is 14.0 Å². The number of hydrogen-bond donors (Lipinski definition) is 2. The van der Waals surface area contributed by atoms with E-state index >= 15 is 0 Å². The number of halogens is 1. The molecule has 0 aromatic heterocycles. The van der Waals surface area contributed by atoms with Crippen LogP contribution in [-0.2, 0) is 15.0 Å². The Hall–Kier alpha value is -3.84. The van der Waals surface area contributed by atoms with Crippen LogP contribution in [0.1, 0.15) is 205 Å². The summed E-state index contributed by atoms with van der Waals surface area (Å²) >= 11 is 0. The lowest BCUT2D eigenvalue weighted by Gasteiger charge is -2.42. The minimum absolute atomic E-state index is 0.00463. The summed E-state index contributed by atoms with van der Waals surface area (Å²) in [6.07, 6.45) is 23.3. The first kappa shape index (κ1) is 59.2. The molecule has 1 aliphatic carbocycles. The van der Waals surface area contributed by atoms with Crippen molar-refractivity contribution in [1.29, 1.82) is 0 Å². The van der Waals surface area contributed by atoms with E-state index in [0.717, 1.165) is 97.5 Å². The van der Waals surface area contributed by atoms with Gasteiger partial charge in [-0.1, -0.05) is 159 Å². The van der Waals surface area contributed by atoms with E-state index in [1.807, 2.05) is 53.8 Å². The van der Waals surface area contributed by atoms with Crippen molar-refractivity contribution < 1.29 is 19.1 Å². The monoisotopic (exact) mass is 874 g/mol. The van der Waals surface area contributed by atoms with E-state index in [1.54, 1.807) is 12.2 Å². The molecule has 2 unspecified atom stereocenters. The Morgan fingerprint density at radius 3 is 1.97 bits per heavy atom. The Morgan fingerprint density at radius 2 is 1.54 bits per heavy atom. The van der Waals surface area contributed by atoms with Crippen molar-refractivity contribution in [2.24, 2.45) is 22.7 Å². The van der Waals surface area contributed by atoms with Gasteiger partial charge < -0.3 is 15.3 Å². The zero-order valence-electron chi connectivity index (χ0n) is 42.9. The van der Waals surface area contributed by atoms with Crippen molar-refractivity contribution in [3.8, 4) is 0 Å². The van der Waals surface area contributed by atoms with E-state index in [1.165, 1.54) is 50.7 Å². The molecule has 1 aliphatic heterocycles. The van der Waals surface area contributed by atoms with Gasteiger partial charge in [-0.25, -0.2) is 4.39 Å². The summed E-state index contributed by atoms with van der Waals surface area (Å²) in [7, 11) is 0. The van der Waals surface area contributed by atoms with Crippen LogP contribution in [0.3, 0.4) is 0 Å². The van der Waals surface area contributed by atoms with Crippen LogP contribution in [0.15, 0.2) is 89.1 Å². The maximum Gasteiger partial charge on any atom is 0.237 e. The molecule has 0 spiro atoms. The van der Waals surface area contributed by atoms with Gasteiger partial charge in [0, 0.05) is 29.6 Å². The van der Waals surface area contributed by atoms with Gasteiger partial charge in [-0.3, -0.25) is 14.6 Å². The van der Waals surface area contributed by atoms with Crippen LogP contribution in [-0.4, -0.2) is 35.2 Å². The summed E-state index contributed by atoms with van der Waals surface area (Å²) in [4.78, 5) is 32.0. The molecule has 356 valence electrons. The molecule has 0 saturated heterocycles. The molecular formula is C56H92FN3O3. The third-order valence-corrected chi connectivity index (χ3v) is 11.8. The predicted octanol–water partition coefficient (Wildman–Crippen LogP) is 15.9. The van der Waals surface area contributed by atoms with Gasteiger partial charge in [0.25, 0.3) is 0 Å². The van der Waals surface area contributed by atoms with Crippen molar-refractivity contribution >= 4 is 29.2 Å². The lowest BCUT2D eigenvalue weighted by Crippen LogP contribution is -2.50. The second-order valence-electron chi connectivity index (χ2n) is 18.2. The summed E-state index contributed by atoms with van der Waals surface area (Å²) in [6.45, 7) is 38.6. The smallest absolute Gasteiger partial charge is 0.237 e. The molecule has 2 N–H and O–H groups in total. The highest BCUT2D eigenvalue weighted by Crippen LogP contribution is 2.52. The number of aliphatic imine (C=N–C) groups is 1. The molecule has 1 aromatic rings. The molecule has 0 radical (unpaired) electrons. The summed E-state index contributed by atoms with van der Waals surface area (Å²) in [6, 6.07) is 6.74. The Morgan fingerprint density at radius 1 is 0.968 bits per heavy atom. The normalized spacial score (nSPS) is 18.4. The van der Waals surface area contributed by atoms with Gasteiger partial charge in [0.2, 0.25) is 5.91 Å². The Bertz CT molecular complexity index is 1690. The van der Waals surface area contributed by atoms with Crippen molar-refractivity contribution in [3.63, 3.8) is 0 Å². The first-order valence-electron chi connectivity index (χ1n) is 24.6. The molecule has 7 heteroatoms. The highest BCUT2D eigenvalue weighted by atomic mass is 19.1. The fourth-order valence-corrected chi connectivity index (χ4v) is 7.78. The molecular weight excluding hydrogens is 782 g/mol. The van der Waals surface area contributed by atoms with Crippen LogP contribution >= 0.6 is 0 Å². The fourth-order valence-electron chi connectivity index (χ4n) is 7.78. The second kappa shape index (κ2) is 31.9. The largest absolute Gasteiger partial charge is 0.386 e. The minimum Gasteiger partial charge on any atom is -0.386 e. The Kier molecular flexibility index (Phi) is 30.0. The standard InChI is InChI=1S/C38H52FN3O.C7H14O2.C7H16.C4H10/c1-10-16-34(33(39)15-6)41-28(9)27(8)35(40-21-13-4)22-26(7)30-17-18-32-36(25-30)42(31-23-29(14-5)24-31)37(43)38(32,19-11-2)20-12-3;1-4-5(2)7(9)6(3)8;1-3-5-7-6-4-2;1-4(2)3/h10,15-18,21-22,25,29,31,41H,6-7,11-14,19-20,23-24H2,1-5,8-9H3;5-6,8H,4H2,1-3H3;3-7H2,1-2H3;4H,1-3H3/b16-10-,28-27+,34-33-,35-22+,40-21?;;;. The molecule has 1 fully saturated rings. The molecule has 1 saturated carbocycles. The van der Waals surface area contributed by atoms with Crippen LogP contribution < -0.4 is 10.2 Å². The van der Waals surface area contributed by atoms with E-state index < -0.39 is 17.3 Å². The van der Waals surface area contributed by atoms with Crippen LogP contribution in [0, 0.1) is 17.8 Å². The first-order valence-corrected chi connectivity index (χ1v) is 24.6. The Balaban J connectivity index is 0.00000158. The zero-order valence-corrected chi connectivity index (χ0v) is 42.9. The number of carbonyl (C=O) groups excluding carboxylic acids is 2. The van der Waals surface area contributed by atoms with Gasteiger partial charge in [-0.15, -0.1) is 0 Å². The minimum atomic E-state index is -0.792. The fraction of sp³-hybridized carbons (Fsp3) is 0.625. The van der Waals surface area contributed by atoms with Crippen LogP contribution in [0.4, 0.5) is 10.1 Å². The van der Waals surface area contributed by atoms with Gasteiger partial charge in [0.1, 0.15) is 11.9 Å². The third-order valence-electron chi connectivity index (χ3n) is 11.8. The van der Waals surface area contributed by atoms with E-state index in [0.29, 0.717) is 11.6 Å². The number of anilines is 1. The van der Waals surface area contributed by atoms with Gasteiger partial charge in [0.15, 0.2) is 5.78 Å². The quantitative estimate of drug-likeness (QED) is 0.0691. The second-order valence-corrected chi connectivity index (χ2v) is 18.2. The number of allylic oxidation sites excluding steroid dienone is 8. The molecule has 3 rings (SSSR count). The molecule has 1 aromatic carbocycles. The zero-order chi connectivity index (χ0) is 48.3. The highest BCUT2D eigenvalue weighted by Gasteiger charge is 2.53. The first-order chi connectivity index (χ1) is 29.9. The van der Waals surface area contributed by atoms with Crippen molar-refractivity contribution in [2.75, 3.05) is 4.90 Å². The third kappa shape index (κ3) is 19.0. The van der Waals surface area contributed by atoms with Crippen molar-refractivity contribution in [2.45, 2.75) is 211 Å². The average molecular weight is 874 g/mol. The predicted molar refractivity (Wildman–Crippen MR) is 274 cm³/mol. The number of hydrogen-bond acceptors (Lipinski definition) is 5. The molecule has 1 heterocycles. The molecule has 63 heavy (non-hydrogen) atoms. The number of ketones is 1. The number of carbonyl (C=O) groups is 2. The number of amides is 1. The Labute approximate surface area is 386 Å². The van der Waals surface area contributed by atoms with Gasteiger partial charge in [-0.2, -0.15) is 0 Å². The number of aliphatic hydroxyl groups is 1. The number of nitrogens with one attached hydrogen (secondary N) is 1. The number of nitrogens with zero attached hydrogens (tertiary/aromatic N) is 2. The number of rotatable bonds is 22. The lowest BCUT2D eigenvalue weighted by molar-refractivity contribution is -0.129. The maximum absolute atomic E-state index is 14.4. The molecule has 2 atom stereocenters. The van der Waals surface area contributed by atoms with Crippen LogP contribution in [0.2, 0.25) is 0 Å². The van der Waals surface area contributed by atoms with E-state index in [4.69, 9.17) is 10.1 Å². The number of fused-ring (bicyclic) bond motifs is 1. The molecule has 6 nitrogen and oxygen atoms in total. The number of Topliss-reactive ketones (excluding diaryl/α,β-unsaturated/α-hetero) is 1. The topological polar surface area (TPSA) is 82.0 Å². The molecule has 1 amide bonds. The average Bonchev–Trinajstić information content (AvgIpc) is 3.46. The van der Waals surface area contributed by atoms with E-state index in [2.05, 4.69) is 97.0 Å². The molecule has 2 aliphatic rings. The SMILES string of the molecule is C=C/C(F)=C(\C=C/C)N/C(C)=C(C)/C(=C\C(=C)c1ccc2c(c1)N(C1CC(CC)C1)C(=O)C2(CCC)CCC)N=CCC.CC(C)C.CCC(C)C(=O)C(C)O.CCCCCCC. The number of benzene rings is 1. The van der Waals surface area contributed by atoms with Crippen LogP contribution in [0.25, 0.3) is 5.57 Å². The number of aliphatic hydroxyl groups excluding tert-OH is 1. The summed E-state index contributed by atoms with van der Waals surface area (Å²) in [5.41, 5.74) is 6.34.